The Kier molecular flexibility index (Phi) is 6.15. The lowest BCUT2D eigenvalue weighted by Gasteiger charge is -2.16. The highest BCUT2D eigenvalue weighted by atomic mass is 16.6. The quantitative estimate of drug-likeness (QED) is 0.154. The summed E-state index contributed by atoms with van der Waals surface area (Å²) in [5, 5.41) is 23.7. The summed E-state index contributed by atoms with van der Waals surface area (Å²) in [6, 6.07) is 25.4. The molecule has 0 aliphatic carbocycles. The molecule has 4 aromatic carbocycles. The number of nitrogens with zero attached hydrogens (tertiary/aromatic N) is 3. The third kappa shape index (κ3) is 4.65. The minimum atomic E-state index is -0.572. The number of fused-ring (bicyclic) bond motifs is 1. The standard InChI is InChI=1S/C28H21N3O5/c1-2-35-26-16-23(31(33)34)14-21(27(26)32)17-29-22-11-8-19(9-12-22)28-30-24-15-20(10-13-25(24)36-28)18-6-4-3-5-7-18/h3-17,32H,2H2,1H3/p-1. The molecule has 178 valence electrons. The van der Waals surface area contributed by atoms with E-state index in [0.717, 1.165) is 28.3 Å². The van der Waals surface area contributed by atoms with Crippen LogP contribution in [0.15, 0.2) is 94.3 Å². The molecule has 0 fully saturated rings. The van der Waals surface area contributed by atoms with Crippen LogP contribution in [0, 0.1) is 10.1 Å². The van der Waals surface area contributed by atoms with Gasteiger partial charge in [-0.05, 0) is 60.0 Å². The molecule has 5 aromatic rings. The summed E-state index contributed by atoms with van der Waals surface area (Å²) in [5.41, 5.74) is 4.77. The Balaban J connectivity index is 1.39. The maximum Gasteiger partial charge on any atom is 0.273 e. The molecule has 0 N–H and O–H groups in total. The van der Waals surface area contributed by atoms with Crippen molar-refractivity contribution in [3.05, 3.63) is 101 Å². The first-order valence-corrected chi connectivity index (χ1v) is 11.2. The van der Waals surface area contributed by atoms with Crippen LogP contribution in [0.3, 0.4) is 0 Å². The molecule has 0 radical (unpaired) electrons. The van der Waals surface area contributed by atoms with Crippen LogP contribution in [-0.4, -0.2) is 22.7 Å². The fourth-order valence-corrected chi connectivity index (χ4v) is 3.77. The van der Waals surface area contributed by atoms with Crippen molar-refractivity contribution < 1.29 is 19.2 Å². The van der Waals surface area contributed by atoms with E-state index in [1.165, 1.54) is 12.3 Å². The lowest BCUT2D eigenvalue weighted by atomic mass is 10.1. The van der Waals surface area contributed by atoms with Crippen LogP contribution >= 0.6 is 0 Å². The average Bonchev–Trinajstić information content (AvgIpc) is 3.33. The third-order valence-electron chi connectivity index (χ3n) is 5.54. The molecule has 0 atom stereocenters. The fourth-order valence-electron chi connectivity index (χ4n) is 3.77. The summed E-state index contributed by atoms with van der Waals surface area (Å²) in [4.78, 5) is 19.6. The van der Waals surface area contributed by atoms with Gasteiger partial charge in [0.1, 0.15) is 11.3 Å². The van der Waals surface area contributed by atoms with Crippen molar-refractivity contribution in [2.24, 2.45) is 4.99 Å². The van der Waals surface area contributed by atoms with Crippen molar-refractivity contribution in [2.75, 3.05) is 6.61 Å². The number of benzene rings is 4. The number of nitro benzene ring substituents is 1. The van der Waals surface area contributed by atoms with Crippen molar-refractivity contribution in [1.29, 1.82) is 0 Å². The van der Waals surface area contributed by atoms with Gasteiger partial charge in [0.2, 0.25) is 5.89 Å². The highest BCUT2D eigenvalue weighted by Gasteiger charge is 2.12. The number of ether oxygens (including phenoxy) is 1. The fraction of sp³-hybridized carbons (Fsp3) is 0.0714. The Labute approximate surface area is 206 Å². The molecule has 1 heterocycles. The summed E-state index contributed by atoms with van der Waals surface area (Å²) in [6.07, 6.45) is 1.30. The second-order valence-electron chi connectivity index (χ2n) is 7.93. The highest BCUT2D eigenvalue weighted by molar-refractivity contribution is 5.88. The molecule has 36 heavy (non-hydrogen) atoms. The van der Waals surface area contributed by atoms with Crippen molar-refractivity contribution in [2.45, 2.75) is 6.92 Å². The van der Waals surface area contributed by atoms with Crippen molar-refractivity contribution in [3.63, 3.8) is 0 Å². The zero-order valence-corrected chi connectivity index (χ0v) is 19.3. The van der Waals surface area contributed by atoms with Gasteiger partial charge in [-0.1, -0.05) is 42.1 Å². The molecule has 0 spiro atoms. The molecule has 0 saturated carbocycles. The molecule has 0 bridgehead atoms. The van der Waals surface area contributed by atoms with Gasteiger partial charge in [0.05, 0.1) is 23.3 Å². The first kappa shape index (κ1) is 22.8. The molecule has 8 heteroatoms. The van der Waals surface area contributed by atoms with E-state index in [9.17, 15) is 15.2 Å². The molecule has 0 saturated heterocycles. The molecule has 0 unspecified atom stereocenters. The first-order valence-electron chi connectivity index (χ1n) is 11.2. The zero-order valence-electron chi connectivity index (χ0n) is 19.3. The SMILES string of the molecule is CCOc1cc([N+](=O)[O-])cc(C=Nc2ccc(-c3nc4cc(-c5ccccc5)ccc4o3)cc2)c1[O-]. The molecule has 0 aliphatic rings. The number of non-ortho nitro benzene ring substituents is 1. The first-order chi connectivity index (χ1) is 17.5. The van der Waals surface area contributed by atoms with Crippen molar-refractivity contribution in [1.82, 2.24) is 4.98 Å². The second-order valence-corrected chi connectivity index (χ2v) is 7.93. The Bertz CT molecular complexity index is 1570. The summed E-state index contributed by atoms with van der Waals surface area (Å²) >= 11 is 0. The summed E-state index contributed by atoms with van der Waals surface area (Å²) < 4.78 is 11.2. The summed E-state index contributed by atoms with van der Waals surface area (Å²) in [6.45, 7) is 1.92. The van der Waals surface area contributed by atoms with E-state index in [1.807, 2.05) is 60.7 Å². The number of aromatic nitrogens is 1. The zero-order chi connectivity index (χ0) is 25.1. The van der Waals surface area contributed by atoms with Crippen LogP contribution in [0.1, 0.15) is 12.5 Å². The van der Waals surface area contributed by atoms with E-state index in [2.05, 4.69) is 9.98 Å². The minimum absolute atomic E-state index is 0.0740. The van der Waals surface area contributed by atoms with Gasteiger partial charge in [-0.25, -0.2) is 4.98 Å². The maximum absolute atomic E-state index is 12.5. The number of aliphatic imine (C=N–C) groups is 1. The van der Waals surface area contributed by atoms with Crippen LogP contribution in [0.4, 0.5) is 11.4 Å². The second kappa shape index (κ2) is 9.71. The smallest absolute Gasteiger partial charge is 0.273 e. The van der Waals surface area contributed by atoms with E-state index in [-0.39, 0.29) is 23.6 Å². The lowest BCUT2D eigenvalue weighted by Crippen LogP contribution is -2.04. The van der Waals surface area contributed by atoms with E-state index in [0.29, 0.717) is 17.2 Å². The summed E-state index contributed by atoms with van der Waals surface area (Å²) in [7, 11) is 0. The number of nitro groups is 1. The molecular weight excluding hydrogens is 458 g/mol. The van der Waals surface area contributed by atoms with E-state index in [4.69, 9.17) is 9.15 Å². The van der Waals surface area contributed by atoms with Gasteiger partial charge in [-0.2, -0.15) is 0 Å². The van der Waals surface area contributed by atoms with Crippen molar-refractivity contribution in [3.8, 4) is 34.1 Å². The Morgan fingerprint density at radius 3 is 2.44 bits per heavy atom. The van der Waals surface area contributed by atoms with Gasteiger partial charge in [0.25, 0.3) is 5.69 Å². The molecule has 0 amide bonds. The minimum Gasteiger partial charge on any atom is -0.870 e. The number of rotatable bonds is 7. The van der Waals surface area contributed by atoms with Crippen LogP contribution < -0.4 is 9.84 Å². The normalized spacial score (nSPS) is 11.2. The van der Waals surface area contributed by atoms with Gasteiger partial charge in [0.15, 0.2) is 5.58 Å². The van der Waals surface area contributed by atoms with Crippen LogP contribution in [0.25, 0.3) is 33.7 Å². The Hall–Kier alpha value is -4.98. The Morgan fingerprint density at radius 1 is 0.972 bits per heavy atom. The average molecular weight is 478 g/mol. The van der Waals surface area contributed by atoms with Crippen molar-refractivity contribution >= 4 is 28.7 Å². The lowest BCUT2D eigenvalue weighted by molar-refractivity contribution is -0.385. The topological polar surface area (TPSA) is 114 Å². The molecule has 1 aromatic heterocycles. The van der Waals surface area contributed by atoms with E-state index >= 15 is 0 Å². The highest BCUT2D eigenvalue weighted by Crippen LogP contribution is 2.33. The third-order valence-corrected chi connectivity index (χ3v) is 5.54. The molecular formula is C28H20N3O5-. The van der Waals surface area contributed by atoms with Gasteiger partial charge >= 0.3 is 0 Å². The monoisotopic (exact) mass is 478 g/mol. The van der Waals surface area contributed by atoms with Crippen LogP contribution in [-0.2, 0) is 0 Å². The summed E-state index contributed by atoms with van der Waals surface area (Å²) in [5.74, 6) is -0.0494. The predicted octanol–water partition coefficient (Wildman–Crippen LogP) is 6.29. The number of hydrogen-bond donors (Lipinski definition) is 0. The number of oxazole rings is 1. The van der Waals surface area contributed by atoms with Crippen LogP contribution in [0.2, 0.25) is 0 Å². The molecule has 0 aliphatic heterocycles. The van der Waals surface area contributed by atoms with Crippen LogP contribution in [0.5, 0.6) is 11.5 Å². The van der Waals surface area contributed by atoms with E-state index in [1.54, 1.807) is 19.1 Å². The number of hydrogen-bond acceptors (Lipinski definition) is 7. The molecule has 8 nitrogen and oxygen atoms in total. The van der Waals surface area contributed by atoms with Gasteiger partial charge < -0.3 is 14.3 Å². The van der Waals surface area contributed by atoms with Gasteiger partial charge in [0, 0.05) is 17.8 Å². The predicted molar refractivity (Wildman–Crippen MR) is 136 cm³/mol. The van der Waals surface area contributed by atoms with Gasteiger partial charge in [-0.3, -0.25) is 15.1 Å². The molecule has 5 rings (SSSR count). The largest absolute Gasteiger partial charge is 0.870 e. The van der Waals surface area contributed by atoms with E-state index < -0.39 is 10.7 Å². The van der Waals surface area contributed by atoms with Gasteiger partial charge in [-0.15, -0.1) is 0 Å². The maximum atomic E-state index is 12.5. The Morgan fingerprint density at radius 2 is 1.72 bits per heavy atom.